The van der Waals surface area contributed by atoms with E-state index >= 15 is 0 Å². The van der Waals surface area contributed by atoms with Crippen molar-refractivity contribution in [1.82, 2.24) is 19.2 Å². The van der Waals surface area contributed by atoms with Gasteiger partial charge in [0, 0.05) is 39.2 Å². The zero-order valence-electron chi connectivity index (χ0n) is 23.9. The van der Waals surface area contributed by atoms with Gasteiger partial charge in [0.1, 0.15) is 0 Å². The second kappa shape index (κ2) is 9.15. The van der Waals surface area contributed by atoms with E-state index in [1.165, 1.54) is 43.9 Å². The van der Waals surface area contributed by atoms with Gasteiger partial charge in [-0.1, -0.05) is 106 Å². The van der Waals surface area contributed by atoms with Crippen molar-refractivity contribution in [1.29, 1.82) is 0 Å². The summed E-state index contributed by atoms with van der Waals surface area (Å²) in [6.07, 6.45) is 2.19. The molecule has 4 nitrogen and oxygen atoms in total. The van der Waals surface area contributed by atoms with Gasteiger partial charge in [0.05, 0.1) is 11.0 Å². The number of hydrogen-bond donors (Lipinski definition) is 0. The highest BCUT2D eigenvalue weighted by Crippen LogP contribution is 2.35. The fourth-order valence-electron chi connectivity index (χ4n) is 6.25. The Labute approximate surface area is 244 Å². The first-order chi connectivity index (χ1) is 20.5. The minimum atomic E-state index is 0.109. The molecule has 5 aromatic carbocycles. The molecule has 3 heterocycles. The molecule has 4 heteroatoms. The predicted octanol–water partition coefficient (Wildman–Crippen LogP) is 9.61. The molecule has 0 N–H and O–H groups in total. The van der Waals surface area contributed by atoms with Gasteiger partial charge in [0.2, 0.25) is 0 Å². The van der Waals surface area contributed by atoms with Crippen LogP contribution in [0.15, 0.2) is 128 Å². The van der Waals surface area contributed by atoms with Crippen molar-refractivity contribution in [3.05, 3.63) is 133 Å². The summed E-state index contributed by atoms with van der Waals surface area (Å²) in [6.45, 7) is 6.75. The molecule has 8 rings (SSSR count). The number of benzene rings is 5. The van der Waals surface area contributed by atoms with E-state index < -0.39 is 0 Å². The van der Waals surface area contributed by atoms with Gasteiger partial charge in [-0.3, -0.25) is 4.40 Å². The monoisotopic (exact) mass is 542 g/mol. The van der Waals surface area contributed by atoms with Crippen LogP contribution in [0, 0.1) is 0 Å². The van der Waals surface area contributed by atoms with Crippen LogP contribution in [-0.4, -0.2) is 19.2 Å². The third-order valence-electron chi connectivity index (χ3n) is 8.44. The number of aromatic nitrogens is 4. The zero-order chi connectivity index (χ0) is 28.4. The highest BCUT2D eigenvalue weighted by molar-refractivity contribution is 6.09. The lowest BCUT2D eigenvalue weighted by molar-refractivity contribution is 0.590. The van der Waals surface area contributed by atoms with Gasteiger partial charge in [0.25, 0.3) is 0 Å². The molecule has 0 aliphatic heterocycles. The van der Waals surface area contributed by atoms with Crippen LogP contribution in [0.25, 0.3) is 66.4 Å². The lowest BCUT2D eigenvalue weighted by Gasteiger charge is -2.19. The summed E-state index contributed by atoms with van der Waals surface area (Å²) in [4.78, 5) is 0. The molecule has 0 unspecified atom stereocenters. The van der Waals surface area contributed by atoms with Crippen LogP contribution in [0.3, 0.4) is 0 Å². The van der Waals surface area contributed by atoms with E-state index in [1.54, 1.807) is 0 Å². The van der Waals surface area contributed by atoms with E-state index in [0.29, 0.717) is 0 Å². The highest BCUT2D eigenvalue weighted by atomic mass is 15.2. The van der Waals surface area contributed by atoms with E-state index in [4.69, 9.17) is 5.10 Å². The summed E-state index contributed by atoms with van der Waals surface area (Å²) < 4.78 is 4.48. The van der Waals surface area contributed by atoms with Crippen LogP contribution in [-0.2, 0) is 5.41 Å². The van der Waals surface area contributed by atoms with Crippen molar-refractivity contribution in [2.75, 3.05) is 0 Å². The molecular formula is C38H30N4. The van der Waals surface area contributed by atoms with Gasteiger partial charge in [0.15, 0.2) is 11.5 Å². The summed E-state index contributed by atoms with van der Waals surface area (Å²) in [6, 6.07) is 43.3. The third kappa shape index (κ3) is 3.76. The number of pyridine rings is 1. The van der Waals surface area contributed by atoms with E-state index in [0.717, 1.165) is 28.1 Å². The Balaban J connectivity index is 1.27. The van der Waals surface area contributed by atoms with Crippen LogP contribution >= 0.6 is 0 Å². The normalized spacial score (nSPS) is 12.2. The number of fused-ring (bicyclic) bond motifs is 6. The van der Waals surface area contributed by atoms with Gasteiger partial charge < -0.3 is 4.57 Å². The minimum absolute atomic E-state index is 0.109. The quantitative estimate of drug-likeness (QED) is 0.223. The summed E-state index contributed by atoms with van der Waals surface area (Å²) in [5, 5.41) is 14.1. The molecule has 0 fully saturated rings. The molecule has 8 aromatic rings. The van der Waals surface area contributed by atoms with E-state index in [1.807, 2.05) is 0 Å². The molecule has 0 spiro atoms. The average Bonchev–Trinajstić information content (AvgIpc) is 3.60. The van der Waals surface area contributed by atoms with Crippen LogP contribution in [0.1, 0.15) is 26.3 Å². The molecule has 0 saturated heterocycles. The maximum absolute atomic E-state index is 4.70. The Bertz CT molecular complexity index is 2210. The predicted molar refractivity (Wildman–Crippen MR) is 174 cm³/mol. The smallest absolute Gasteiger partial charge is 0.169 e. The average molecular weight is 543 g/mol. The molecule has 0 aliphatic rings. The summed E-state index contributed by atoms with van der Waals surface area (Å²) in [5.41, 5.74) is 9.19. The van der Waals surface area contributed by atoms with E-state index in [2.05, 4.69) is 162 Å². The molecule has 42 heavy (non-hydrogen) atoms. The third-order valence-corrected chi connectivity index (χ3v) is 8.44. The standard InChI is InChI=1S/C38H30N4/c1-38(2,3)27-20-16-25(17-21-27)33-24-41-36(39-40-37(41)32-13-5-4-10-29(32)33)26-18-22-28(23-19-26)42-34-14-8-6-11-30(34)31-12-7-9-15-35(31)42/h4-24H,1-3H3. The number of rotatable bonds is 3. The van der Waals surface area contributed by atoms with Crippen LogP contribution in [0.5, 0.6) is 0 Å². The second-order valence-electron chi connectivity index (χ2n) is 12.0. The van der Waals surface area contributed by atoms with Gasteiger partial charge in [-0.25, -0.2) is 0 Å². The van der Waals surface area contributed by atoms with Crippen LogP contribution < -0.4 is 0 Å². The SMILES string of the molecule is CC(C)(C)c1ccc(-c2cn3c(-c4ccc(-n5c6ccccc6c6ccccc65)cc4)nnc3c3ccccc23)cc1. The molecular weight excluding hydrogens is 512 g/mol. The van der Waals surface area contributed by atoms with Crippen LogP contribution in [0.4, 0.5) is 0 Å². The molecule has 0 radical (unpaired) electrons. The van der Waals surface area contributed by atoms with Gasteiger partial charge in [-0.15, -0.1) is 10.2 Å². The lowest BCUT2D eigenvalue weighted by atomic mass is 9.86. The fourth-order valence-corrected chi connectivity index (χ4v) is 6.25. The molecule has 0 bridgehead atoms. The zero-order valence-corrected chi connectivity index (χ0v) is 23.9. The Hall–Kier alpha value is -5.22. The van der Waals surface area contributed by atoms with Crippen molar-refractivity contribution < 1.29 is 0 Å². The Morgan fingerprint density at radius 3 is 1.69 bits per heavy atom. The second-order valence-corrected chi connectivity index (χ2v) is 12.0. The van der Waals surface area contributed by atoms with E-state index in [9.17, 15) is 0 Å². The van der Waals surface area contributed by atoms with Crippen molar-refractivity contribution in [3.63, 3.8) is 0 Å². The van der Waals surface area contributed by atoms with Crippen molar-refractivity contribution >= 4 is 38.2 Å². The summed E-state index contributed by atoms with van der Waals surface area (Å²) >= 11 is 0. The first kappa shape index (κ1) is 24.6. The summed E-state index contributed by atoms with van der Waals surface area (Å²) in [7, 11) is 0. The first-order valence-corrected chi connectivity index (χ1v) is 14.4. The largest absolute Gasteiger partial charge is 0.309 e. The van der Waals surface area contributed by atoms with Gasteiger partial charge in [-0.2, -0.15) is 0 Å². The Morgan fingerprint density at radius 2 is 1.07 bits per heavy atom. The van der Waals surface area contributed by atoms with Gasteiger partial charge >= 0.3 is 0 Å². The molecule has 0 saturated carbocycles. The number of nitrogens with zero attached hydrogens (tertiary/aromatic N) is 4. The molecule has 0 amide bonds. The Kier molecular flexibility index (Phi) is 5.35. The van der Waals surface area contributed by atoms with E-state index in [-0.39, 0.29) is 5.41 Å². The minimum Gasteiger partial charge on any atom is -0.309 e. The topological polar surface area (TPSA) is 35.1 Å². The maximum Gasteiger partial charge on any atom is 0.169 e. The van der Waals surface area contributed by atoms with Crippen molar-refractivity contribution in [3.8, 4) is 28.2 Å². The van der Waals surface area contributed by atoms with Crippen molar-refractivity contribution in [2.45, 2.75) is 26.2 Å². The number of para-hydroxylation sites is 2. The first-order valence-electron chi connectivity index (χ1n) is 14.4. The highest BCUT2D eigenvalue weighted by Gasteiger charge is 2.18. The van der Waals surface area contributed by atoms with Crippen molar-refractivity contribution in [2.24, 2.45) is 0 Å². The van der Waals surface area contributed by atoms with Gasteiger partial charge in [-0.05, 0) is 58.3 Å². The summed E-state index contributed by atoms with van der Waals surface area (Å²) in [5.74, 6) is 0.831. The maximum atomic E-state index is 4.70. The molecule has 0 atom stereocenters. The molecule has 0 aliphatic carbocycles. The molecule has 3 aromatic heterocycles. The Morgan fingerprint density at radius 1 is 0.524 bits per heavy atom. The molecule has 202 valence electrons. The fraction of sp³-hybridized carbons (Fsp3) is 0.105. The number of hydrogen-bond acceptors (Lipinski definition) is 2. The van der Waals surface area contributed by atoms with Crippen LogP contribution in [0.2, 0.25) is 0 Å². The lowest BCUT2D eigenvalue weighted by Crippen LogP contribution is -2.10.